The maximum atomic E-state index is 15.0. The highest BCUT2D eigenvalue weighted by Crippen LogP contribution is 3.02. The Morgan fingerprint density at radius 2 is 1.59 bits per heavy atom. The summed E-state index contributed by atoms with van der Waals surface area (Å²) in [6.07, 6.45) is 2.03. The molecule has 3 N–H and O–H groups in total. The lowest BCUT2D eigenvalue weighted by molar-refractivity contribution is -0.150. The first kappa shape index (κ1) is 35.2. The normalized spacial score (nSPS) is 26.7. The number of carboxylic acid groups (broad SMARTS) is 1. The van der Waals surface area contributed by atoms with Gasteiger partial charge in [0.05, 0.1) is 30.1 Å². The van der Waals surface area contributed by atoms with Crippen molar-refractivity contribution in [2.45, 2.75) is 75.8 Å². The molecule has 2 aromatic rings. The van der Waals surface area contributed by atoms with Crippen LogP contribution in [0.4, 0.5) is 33.9 Å². The van der Waals surface area contributed by atoms with Gasteiger partial charge in [0.1, 0.15) is 16.5 Å². The van der Waals surface area contributed by atoms with Crippen LogP contribution in [-0.2, 0) is 9.59 Å². The minimum atomic E-state index is -10.4. The van der Waals surface area contributed by atoms with Crippen molar-refractivity contribution in [3.63, 3.8) is 0 Å². The smallest absolute Gasteiger partial charge is 0.313 e. The topological polar surface area (TPSA) is 114 Å². The highest BCUT2D eigenvalue weighted by atomic mass is 32.5. The predicted octanol–water partition coefficient (Wildman–Crippen LogP) is 8.22. The lowest BCUT2D eigenvalue weighted by Gasteiger charge is -2.40. The van der Waals surface area contributed by atoms with Gasteiger partial charge in [-0.25, -0.2) is 8.78 Å². The Morgan fingerprint density at radius 1 is 0.935 bits per heavy atom. The largest absolute Gasteiger partial charge is 0.496 e. The van der Waals surface area contributed by atoms with E-state index in [1.807, 2.05) is 0 Å². The molecule has 3 atom stereocenters. The monoisotopic (exact) mass is 684 g/mol. The third-order valence-electron chi connectivity index (χ3n) is 8.81. The number of benzene rings is 2. The number of hydrogen-bond acceptors (Lipinski definition) is 5. The molecule has 8 nitrogen and oxygen atoms in total. The van der Waals surface area contributed by atoms with Gasteiger partial charge in [0.15, 0.2) is 11.6 Å². The van der Waals surface area contributed by atoms with Crippen molar-refractivity contribution in [3.8, 4) is 11.5 Å². The Hall–Kier alpha value is -3.69. The molecule has 0 radical (unpaired) electrons. The molecule has 4 rings (SSSR count). The second kappa shape index (κ2) is 11.8. The van der Waals surface area contributed by atoms with Crippen LogP contribution in [0.25, 0.3) is 0 Å². The van der Waals surface area contributed by atoms with Gasteiger partial charge in [-0.3, -0.25) is 14.4 Å². The Kier molecular flexibility index (Phi) is 9.05. The van der Waals surface area contributed by atoms with E-state index in [0.717, 1.165) is 18.2 Å². The number of anilines is 1. The van der Waals surface area contributed by atoms with Gasteiger partial charge in [0.2, 0.25) is 5.91 Å². The van der Waals surface area contributed by atoms with Gasteiger partial charge in [-0.05, 0) is 75.6 Å². The molecule has 2 aliphatic carbocycles. The Balaban J connectivity index is 1.54. The van der Waals surface area contributed by atoms with Crippen LogP contribution in [0, 0.1) is 28.9 Å². The van der Waals surface area contributed by atoms with Crippen LogP contribution < -0.4 is 20.1 Å². The average Bonchev–Trinajstić information content (AvgIpc) is 2.95. The van der Waals surface area contributed by atoms with Crippen molar-refractivity contribution >= 4 is 33.7 Å². The number of amides is 2. The van der Waals surface area contributed by atoms with Gasteiger partial charge in [0, 0.05) is 17.8 Å². The van der Waals surface area contributed by atoms with Gasteiger partial charge in [-0.1, -0.05) is 32.8 Å². The van der Waals surface area contributed by atoms with E-state index in [1.54, 1.807) is 13.8 Å². The number of rotatable bonds is 9. The summed E-state index contributed by atoms with van der Waals surface area (Å²) >= 11 is 0. The second-order valence-corrected chi connectivity index (χ2v) is 14.7. The highest BCUT2D eigenvalue weighted by molar-refractivity contribution is 8.45. The minimum Gasteiger partial charge on any atom is -0.496 e. The molecule has 0 aliphatic heterocycles. The zero-order chi connectivity index (χ0) is 34.3. The lowest BCUT2D eigenvalue weighted by atomic mass is 9.75. The fourth-order valence-corrected chi connectivity index (χ4v) is 6.79. The lowest BCUT2D eigenvalue weighted by Crippen LogP contribution is -2.50. The van der Waals surface area contributed by atoms with E-state index in [-0.39, 0.29) is 41.5 Å². The third kappa shape index (κ3) is 7.81. The molecule has 2 saturated carbocycles. The first-order valence-corrected chi connectivity index (χ1v) is 16.5. The summed E-state index contributed by atoms with van der Waals surface area (Å²) in [6.45, 7) is 3.36. The van der Waals surface area contributed by atoms with Gasteiger partial charge >= 0.3 is 16.2 Å². The zero-order valence-corrected chi connectivity index (χ0v) is 26.0. The molecule has 46 heavy (non-hydrogen) atoms. The summed E-state index contributed by atoms with van der Waals surface area (Å²) in [5, 5.41) is 14.3. The van der Waals surface area contributed by atoms with Crippen LogP contribution >= 0.6 is 10.2 Å². The number of aliphatic carboxylic acids is 1. The van der Waals surface area contributed by atoms with Gasteiger partial charge in [-0.2, -0.15) is 0 Å². The molecule has 0 unspecified atom stereocenters. The predicted molar refractivity (Wildman–Crippen MR) is 156 cm³/mol. The van der Waals surface area contributed by atoms with E-state index in [4.69, 9.17) is 9.47 Å². The van der Waals surface area contributed by atoms with Crippen molar-refractivity contribution in [1.29, 1.82) is 0 Å². The van der Waals surface area contributed by atoms with Crippen LogP contribution in [0.5, 0.6) is 11.5 Å². The Labute approximate surface area is 260 Å². The number of methoxy groups -OCH3 is 1. The summed E-state index contributed by atoms with van der Waals surface area (Å²) in [7, 11) is -9.20. The number of halogens is 7. The number of hydrogen-bond donors (Lipinski definition) is 3. The van der Waals surface area contributed by atoms with Crippen LogP contribution in [-0.4, -0.2) is 42.1 Å². The molecule has 2 aromatic carbocycles. The fraction of sp³-hybridized carbons (Fsp3) is 0.500. The summed E-state index contributed by atoms with van der Waals surface area (Å²) in [4.78, 5) is 35.6. The van der Waals surface area contributed by atoms with E-state index >= 15 is 0 Å². The summed E-state index contributed by atoms with van der Waals surface area (Å²) in [5.41, 5.74) is -1.76. The second-order valence-electron chi connectivity index (χ2n) is 12.3. The zero-order valence-electron chi connectivity index (χ0n) is 25.2. The van der Waals surface area contributed by atoms with E-state index < -0.39 is 73.7 Å². The summed E-state index contributed by atoms with van der Waals surface area (Å²) in [6, 6.07) is 1.95. The van der Waals surface area contributed by atoms with Crippen molar-refractivity contribution in [1.82, 2.24) is 5.32 Å². The van der Waals surface area contributed by atoms with Crippen LogP contribution in [0.15, 0.2) is 35.2 Å². The van der Waals surface area contributed by atoms with Crippen LogP contribution in [0.1, 0.15) is 69.2 Å². The molecule has 0 bridgehead atoms. The molecule has 2 aliphatic rings. The minimum absolute atomic E-state index is 0.138. The molecule has 2 amide bonds. The number of carboxylic acids is 1. The van der Waals surface area contributed by atoms with E-state index in [0.29, 0.717) is 38.5 Å². The number of ether oxygens (including phenoxy) is 2. The Morgan fingerprint density at radius 3 is 2.17 bits per heavy atom. The van der Waals surface area contributed by atoms with Crippen molar-refractivity contribution < 1.29 is 57.2 Å². The molecule has 0 heterocycles. The number of carbonyl (C=O) groups excluding carboxylic acids is 2. The van der Waals surface area contributed by atoms with Crippen molar-refractivity contribution in [3.05, 3.63) is 47.5 Å². The summed E-state index contributed by atoms with van der Waals surface area (Å²) < 4.78 is 106. The van der Waals surface area contributed by atoms with Crippen LogP contribution in [0.3, 0.4) is 0 Å². The fourth-order valence-electron chi connectivity index (χ4n) is 6.00. The van der Waals surface area contributed by atoms with Gasteiger partial charge in [0.25, 0.3) is 5.91 Å². The number of nitrogens with one attached hydrogen (secondary N) is 2. The summed E-state index contributed by atoms with van der Waals surface area (Å²) in [5.74, 6) is -7.36. The molecule has 0 saturated heterocycles. The Bertz CT molecular complexity index is 1530. The van der Waals surface area contributed by atoms with Gasteiger partial charge in [-0.15, -0.1) is 0 Å². The molecular formula is C30H35F7N2O6S. The van der Waals surface area contributed by atoms with E-state index in [9.17, 15) is 47.7 Å². The molecule has 2 fully saturated rings. The number of carbonyl (C=O) groups is 3. The molecular weight excluding hydrogens is 649 g/mol. The SMILES string of the molecule is COc1cc(F)c(O[C@H]2CC[C@@](C)(C(=O)O)CC2)cc1C(=O)N[C@H]1[C@@H](C(=O)Nc2ccc(F)c(S(F)(F)(F)(F)F)c2)CCC[C@@H]1C. The molecule has 0 spiro atoms. The molecule has 0 aromatic heterocycles. The maximum Gasteiger partial charge on any atom is 0.313 e. The first-order chi connectivity index (χ1) is 21.1. The average molecular weight is 685 g/mol. The third-order valence-corrected chi connectivity index (χ3v) is 9.96. The standard InChI is InChI=1S/C30H35F7N2O6S/c1-16-5-4-6-19(27(40)38-17-7-8-21(31)25(13-17)46(33,34,35,36)37)26(16)39-28(41)20-14-24(22(32)15-23(20)44-3)45-18-9-11-30(2,12-10-18)29(42)43/h7-8,13-16,18-19,26H,4-6,9-12H2,1-3H3,(H,38,40)(H,39,41)(H,42,43)/t16-,18-,19-,26+,30+/m0/s1. The van der Waals surface area contributed by atoms with E-state index in [2.05, 4.69) is 10.6 Å². The van der Waals surface area contributed by atoms with Gasteiger partial charge < -0.3 is 25.2 Å². The molecule has 16 heteroatoms. The quantitative estimate of drug-likeness (QED) is 0.230. The highest BCUT2D eigenvalue weighted by Gasteiger charge is 2.67. The first-order valence-electron chi connectivity index (χ1n) is 14.5. The molecule has 256 valence electrons. The van der Waals surface area contributed by atoms with Crippen molar-refractivity contribution in [2.75, 3.05) is 12.4 Å². The van der Waals surface area contributed by atoms with Crippen molar-refractivity contribution in [2.24, 2.45) is 17.3 Å². The maximum absolute atomic E-state index is 15.0. The van der Waals surface area contributed by atoms with Crippen LogP contribution in [0.2, 0.25) is 0 Å². The van der Waals surface area contributed by atoms with E-state index in [1.165, 1.54) is 7.11 Å².